The third-order valence-corrected chi connectivity index (χ3v) is 9.13. The van der Waals surface area contributed by atoms with Gasteiger partial charge in [-0.1, -0.05) is 17.7 Å². The van der Waals surface area contributed by atoms with Gasteiger partial charge in [0, 0.05) is 32.9 Å². The topological polar surface area (TPSA) is 122 Å². The number of ether oxygens (including phenoxy) is 2. The minimum atomic E-state index is -3.72. The number of nitrogens with zero attached hydrogens (tertiary/aromatic N) is 2. The first-order valence-electron chi connectivity index (χ1n) is 10.3. The Morgan fingerprint density at radius 3 is 2.35 bits per heavy atom. The van der Waals surface area contributed by atoms with Crippen molar-refractivity contribution in [3.05, 3.63) is 47.0 Å². The van der Waals surface area contributed by atoms with E-state index in [2.05, 4.69) is 5.32 Å². The molecule has 2 aromatic carbocycles. The largest absolute Gasteiger partial charge is 0.482 e. The van der Waals surface area contributed by atoms with Crippen molar-refractivity contribution in [2.75, 3.05) is 52.3 Å². The number of hydrogen-bond donors (Lipinski definition) is 1. The van der Waals surface area contributed by atoms with Gasteiger partial charge >= 0.3 is 0 Å². The number of carbonyl (C=O) groups is 1. The Bertz CT molecular complexity index is 1280. The van der Waals surface area contributed by atoms with Gasteiger partial charge in [0.05, 0.1) is 28.0 Å². The van der Waals surface area contributed by atoms with Crippen molar-refractivity contribution in [1.82, 2.24) is 8.61 Å². The van der Waals surface area contributed by atoms with Crippen molar-refractivity contribution in [3.8, 4) is 5.75 Å². The molecule has 1 N–H and O–H groups in total. The molecule has 1 fully saturated rings. The second-order valence-electron chi connectivity index (χ2n) is 7.71. The van der Waals surface area contributed by atoms with Gasteiger partial charge in [0.1, 0.15) is 5.75 Å². The lowest BCUT2D eigenvalue weighted by atomic mass is 10.2. The van der Waals surface area contributed by atoms with Crippen LogP contribution in [0.2, 0.25) is 5.02 Å². The van der Waals surface area contributed by atoms with Gasteiger partial charge in [0.25, 0.3) is 5.91 Å². The third kappa shape index (κ3) is 5.88. The van der Waals surface area contributed by atoms with E-state index in [4.69, 9.17) is 21.1 Å². The fourth-order valence-electron chi connectivity index (χ4n) is 3.13. The highest BCUT2D eigenvalue weighted by Crippen LogP contribution is 2.29. The molecule has 0 aromatic heterocycles. The predicted molar refractivity (Wildman–Crippen MR) is 127 cm³/mol. The summed E-state index contributed by atoms with van der Waals surface area (Å²) >= 11 is 6.21. The quantitative estimate of drug-likeness (QED) is 0.552. The maximum absolute atomic E-state index is 12.8. The molecule has 3 rings (SSSR count). The van der Waals surface area contributed by atoms with Crippen LogP contribution in [0.25, 0.3) is 0 Å². The number of carbonyl (C=O) groups excluding carboxylic acids is 1. The molecule has 13 heteroatoms. The highest BCUT2D eigenvalue weighted by molar-refractivity contribution is 7.89. The minimum Gasteiger partial charge on any atom is -0.482 e. The first-order chi connectivity index (χ1) is 15.9. The summed E-state index contributed by atoms with van der Waals surface area (Å²) in [6.45, 7) is 2.48. The summed E-state index contributed by atoms with van der Waals surface area (Å²) in [5, 5.41) is 2.66. The minimum absolute atomic E-state index is 0.0192. The number of halogens is 1. The fourth-order valence-corrected chi connectivity index (χ4v) is 5.79. The van der Waals surface area contributed by atoms with Crippen molar-refractivity contribution in [3.63, 3.8) is 0 Å². The maximum Gasteiger partial charge on any atom is 0.262 e. The lowest BCUT2D eigenvalue weighted by Crippen LogP contribution is -2.40. The van der Waals surface area contributed by atoms with Crippen LogP contribution >= 0.6 is 11.6 Å². The van der Waals surface area contributed by atoms with Gasteiger partial charge < -0.3 is 14.8 Å². The second kappa shape index (κ2) is 10.6. The Balaban J connectivity index is 1.68. The van der Waals surface area contributed by atoms with Crippen molar-refractivity contribution < 1.29 is 31.1 Å². The second-order valence-corrected chi connectivity index (χ2v) is 12.2. The number of benzene rings is 2. The van der Waals surface area contributed by atoms with Crippen LogP contribution in [0.5, 0.6) is 5.75 Å². The number of anilines is 1. The van der Waals surface area contributed by atoms with Crippen LogP contribution in [0.4, 0.5) is 5.69 Å². The normalized spacial score (nSPS) is 15.3. The van der Waals surface area contributed by atoms with Crippen LogP contribution in [0.1, 0.15) is 5.56 Å². The molecule has 186 valence electrons. The lowest BCUT2D eigenvalue weighted by Gasteiger charge is -2.26. The van der Waals surface area contributed by atoms with E-state index in [0.717, 1.165) is 4.31 Å². The van der Waals surface area contributed by atoms with Gasteiger partial charge in [-0.3, -0.25) is 4.79 Å². The molecule has 0 unspecified atom stereocenters. The Kier molecular flexibility index (Phi) is 8.22. The smallest absolute Gasteiger partial charge is 0.262 e. The summed E-state index contributed by atoms with van der Waals surface area (Å²) in [4.78, 5) is 12.5. The summed E-state index contributed by atoms with van der Waals surface area (Å²) in [6, 6.07) is 8.46. The van der Waals surface area contributed by atoms with Crippen molar-refractivity contribution in [2.45, 2.75) is 16.7 Å². The Morgan fingerprint density at radius 2 is 1.74 bits per heavy atom. The average molecular weight is 532 g/mol. The van der Waals surface area contributed by atoms with E-state index in [1.54, 1.807) is 13.0 Å². The molecule has 1 saturated heterocycles. The highest BCUT2D eigenvalue weighted by Gasteiger charge is 2.27. The molecule has 1 heterocycles. The van der Waals surface area contributed by atoms with Gasteiger partial charge in [-0.05, 0) is 42.8 Å². The van der Waals surface area contributed by atoms with Crippen LogP contribution in [0, 0.1) is 6.92 Å². The van der Waals surface area contributed by atoms with Crippen molar-refractivity contribution >= 4 is 43.2 Å². The molecule has 1 amide bonds. The van der Waals surface area contributed by atoms with E-state index in [0.29, 0.717) is 24.5 Å². The van der Waals surface area contributed by atoms with E-state index >= 15 is 0 Å². The molecular formula is C21H26ClN3O7S2. The SMILES string of the molecule is Cc1ccc(S(=O)(=O)N(C)C)cc1NC(=O)COc1ccc(S(=O)(=O)N2CCOCC2)cc1Cl. The summed E-state index contributed by atoms with van der Waals surface area (Å²) < 4.78 is 63.3. The van der Waals surface area contributed by atoms with Crippen LogP contribution < -0.4 is 10.1 Å². The van der Waals surface area contributed by atoms with Crippen LogP contribution in [0.3, 0.4) is 0 Å². The van der Waals surface area contributed by atoms with Crippen LogP contribution in [-0.4, -0.2) is 78.4 Å². The van der Waals surface area contributed by atoms with E-state index in [-0.39, 0.29) is 33.7 Å². The van der Waals surface area contributed by atoms with Crippen LogP contribution in [-0.2, 0) is 29.6 Å². The Hall–Kier alpha value is -2.22. The molecule has 0 atom stereocenters. The van der Waals surface area contributed by atoms with E-state index in [1.807, 2.05) is 0 Å². The summed E-state index contributed by atoms with van der Waals surface area (Å²) in [7, 11) is -4.54. The summed E-state index contributed by atoms with van der Waals surface area (Å²) in [5.41, 5.74) is 0.997. The standard InChI is InChI=1S/C21H26ClN3O7S2/c1-15-4-5-17(33(27,28)24(2)3)13-19(15)23-21(26)14-32-20-7-6-16(12-18(20)22)34(29,30)25-8-10-31-11-9-25/h4-7,12-13H,8-11,14H2,1-3H3,(H,23,26). The van der Waals surface area contributed by atoms with Gasteiger partial charge in [-0.15, -0.1) is 0 Å². The number of sulfonamides is 2. The molecule has 0 saturated carbocycles. The zero-order valence-electron chi connectivity index (χ0n) is 18.9. The summed E-state index contributed by atoms with van der Waals surface area (Å²) in [5.74, 6) is -0.401. The Morgan fingerprint density at radius 1 is 1.09 bits per heavy atom. The van der Waals surface area contributed by atoms with Crippen LogP contribution in [0.15, 0.2) is 46.2 Å². The first-order valence-corrected chi connectivity index (χ1v) is 13.5. The number of hydrogen-bond acceptors (Lipinski definition) is 7. The van der Waals surface area contributed by atoms with Gasteiger partial charge in [0.2, 0.25) is 20.0 Å². The monoisotopic (exact) mass is 531 g/mol. The molecule has 0 bridgehead atoms. The van der Waals surface area contributed by atoms with E-state index in [1.165, 1.54) is 48.7 Å². The Labute approximate surface area is 204 Å². The average Bonchev–Trinajstić information content (AvgIpc) is 2.80. The highest BCUT2D eigenvalue weighted by atomic mass is 35.5. The number of morpholine rings is 1. The molecule has 10 nitrogen and oxygen atoms in total. The third-order valence-electron chi connectivity index (χ3n) is 5.13. The molecule has 0 spiro atoms. The number of nitrogens with one attached hydrogen (secondary N) is 1. The molecule has 0 radical (unpaired) electrons. The zero-order chi connectivity index (χ0) is 25.1. The van der Waals surface area contributed by atoms with Gasteiger partial charge in [0.15, 0.2) is 6.61 Å². The fraction of sp³-hybridized carbons (Fsp3) is 0.381. The number of amides is 1. The molecule has 0 aliphatic carbocycles. The number of rotatable bonds is 8. The van der Waals surface area contributed by atoms with Crippen molar-refractivity contribution in [2.24, 2.45) is 0 Å². The number of aryl methyl sites for hydroxylation is 1. The zero-order valence-corrected chi connectivity index (χ0v) is 21.3. The van der Waals surface area contributed by atoms with E-state index < -0.39 is 32.6 Å². The molecular weight excluding hydrogens is 506 g/mol. The molecule has 1 aliphatic rings. The molecule has 1 aliphatic heterocycles. The van der Waals surface area contributed by atoms with Gasteiger partial charge in [-0.2, -0.15) is 4.31 Å². The molecule has 34 heavy (non-hydrogen) atoms. The van der Waals surface area contributed by atoms with E-state index in [9.17, 15) is 21.6 Å². The maximum atomic E-state index is 12.8. The molecule has 2 aromatic rings. The predicted octanol–water partition coefficient (Wildman–Crippen LogP) is 1.94. The summed E-state index contributed by atoms with van der Waals surface area (Å²) in [6.07, 6.45) is 0. The van der Waals surface area contributed by atoms with Gasteiger partial charge in [-0.25, -0.2) is 21.1 Å². The van der Waals surface area contributed by atoms with Crippen molar-refractivity contribution in [1.29, 1.82) is 0 Å². The lowest BCUT2D eigenvalue weighted by molar-refractivity contribution is -0.118. The first kappa shape index (κ1) is 26.4.